The highest BCUT2D eigenvalue weighted by molar-refractivity contribution is 6.36. The molecule has 124 valence electrons. The normalized spacial score (nSPS) is 11.3. The molecule has 0 spiro atoms. The van der Waals surface area contributed by atoms with Gasteiger partial charge in [-0.05, 0) is 24.3 Å². The third kappa shape index (κ3) is 2.98. The number of nitrogens with zero attached hydrogens (tertiary/aromatic N) is 2. The zero-order chi connectivity index (χ0) is 17.3. The quantitative estimate of drug-likeness (QED) is 0.589. The predicted molar refractivity (Wildman–Crippen MR) is 93.7 cm³/mol. The van der Waals surface area contributed by atoms with Gasteiger partial charge in [-0.3, -0.25) is 0 Å². The molecule has 1 aromatic heterocycles. The molecule has 0 atom stereocenters. The van der Waals surface area contributed by atoms with E-state index in [1.165, 1.54) is 14.2 Å². The number of methoxy groups -OCH3 is 2. The Hall–Kier alpha value is -2.44. The maximum atomic E-state index is 10.1. The van der Waals surface area contributed by atoms with E-state index < -0.39 is 0 Å². The van der Waals surface area contributed by atoms with E-state index in [9.17, 15) is 5.11 Å². The average Bonchev–Trinajstić information content (AvgIpc) is 2.87. The van der Waals surface area contributed by atoms with Gasteiger partial charge in [-0.1, -0.05) is 23.2 Å². The van der Waals surface area contributed by atoms with Gasteiger partial charge >= 0.3 is 0 Å². The summed E-state index contributed by atoms with van der Waals surface area (Å²) in [4.78, 5) is 2.83. The van der Waals surface area contributed by atoms with E-state index in [2.05, 4.69) is 15.2 Å². The molecule has 3 aromatic rings. The van der Waals surface area contributed by atoms with Crippen LogP contribution in [0.2, 0.25) is 10.0 Å². The third-order valence-corrected chi connectivity index (χ3v) is 3.96. The molecule has 0 saturated heterocycles. The van der Waals surface area contributed by atoms with Gasteiger partial charge in [0.15, 0.2) is 17.2 Å². The minimum Gasteiger partial charge on any atom is -0.493 e. The zero-order valence-corrected chi connectivity index (χ0v) is 14.3. The topological polar surface area (TPSA) is 79.2 Å². The molecule has 3 rings (SSSR count). The van der Waals surface area contributed by atoms with Crippen molar-refractivity contribution in [2.24, 2.45) is 10.2 Å². The van der Waals surface area contributed by atoms with Crippen molar-refractivity contribution in [1.29, 1.82) is 0 Å². The Labute approximate surface area is 147 Å². The number of ether oxygens (including phenoxy) is 2. The van der Waals surface area contributed by atoms with E-state index in [4.69, 9.17) is 32.7 Å². The van der Waals surface area contributed by atoms with Gasteiger partial charge < -0.3 is 19.6 Å². The number of hydrogen-bond donors (Lipinski definition) is 2. The monoisotopic (exact) mass is 365 g/mol. The highest BCUT2D eigenvalue weighted by Gasteiger charge is 2.15. The van der Waals surface area contributed by atoms with Crippen LogP contribution in [0.3, 0.4) is 0 Å². The van der Waals surface area contributed by atoms with Crippen molar-refractivity contribution in [2.45, 2.75) is 0 Å². The number of benzene rings is 2. The van der Waals surface area contributed by atoms with Crippen LogP contribution in [0.1, 0.15) is 0 Å². The van der Waals surface area contributed by atoms with Crippen LogP contribution >= 0.6 is 23.2 Å². The highest BCUT2D eigenvalue weighted by atomic mass is 35.5. The van der Waals surface area contributed by atoms with E-state index in [1.54, 1.807) is 30.3 Å². The van der Waals surface area contributed by atoms with Gasteiger partial charge in [0.1, 0.15) is 5.69 Å². The minimum atomic E-state index is -0.117. The fourth-order valence-corrected chi connectivity index (χ4v) is 2.71. The van der Waals surface area contributed by atoms with Gasteiger partial charge in [-0.15, -0.1) is 10.2 Å². The molecule has 0 radical (unpaired) electrons. The molecular formula is C16H13Cl2N3O3. The smallest absolute Gasteiger partial charge is 0.218 e. The largest absolute Gasteiger partial charge is 0.493 e. The van der Waals surface area contributed by atoms with Crippen LogP contribution in [-0.2, 0) is 0 Å². The van der Waals surface area contributed by atoms with Crippen LogP contribution in [0, 0.1) is 0 Å². The maximum Gasteiger partial charge on any atom is 0.218 e. The number of hydrogen-bond acceptors (Lipinski definition) is 5. The molecule has 2 aromatic carbocycles. The summed E-state index contributed by atoms with van der Waals surface area (Å²) in [7, 11) is 3.07. The summed E-state index contributed by atoms with van der Waals surface area (Å²) in [6, 6.07) is 8.29. The first kappa shape index (κ1) is 16.4. The summed E-state index contributed by atoms with van der Waals surface area (Å²) in [5, 5.41) is 19.8. The Morgan fingerprint density at radius 1 is 1.00 bits per heavy atom. The lowest BCUT2D eigenvalue weighted by Gasteiger charge is -2.07. The molecule has 0 saturated carbocycles. The van der Waals surface area contributed by atoms with Crippen LogP contribution in [0.5, 0.6) is 17.4 Å². The van der Waals surface area contributed by atoms with Gasteiger partial charge in [-0.25, -0.2) is 0 Å². The Morgan fingerprint density at radius 3 is 2.38 bits per heavy atom. The summed E-state index contributed by atoms with van der Waals surface area (Å²) in [5.74, 6) is 0.939. The highest BCUT2D eigenvalue weighted by Crippen LogP contribution is 2.42. The summed E-state index contributed by atoms with van der Waals surface area (Å²) in [5.41, 5.74) is 1.36. The van der Waals surface area contributed by atoms with Crippen LogP contribution in [0.15, 0.2) is 40.6 Å². The Balaban J connectivity index is 2.08. The molecule has 0 aliphatic rings. The standard InChI is InChI=1S/C16H13Cl2N3O3/c1-23-13-6-9-12(7-14(13)24-2)19-16(22)15(9)21-20-11-4-3-8(17)5-10(11)18/h3-7,19,22H,1-2H3. The first-order valence-corrected chi connectivity index (χ1v) is 7.62. The van der Waals surface area contributed by atoms with E-state index in [1.807, 2.05) is 0 Å². The molecule has 0 aliphatic carbocycles. The molecule has 8 heteroatoms. The number of nitrogens with one attached hydrogen (secondary N) is 1. The molecule has 0 unspecified atom stereocenters. The second-order valence-electron chi connectivity index (χ2n) is 4.87. The number of aromatic hydroxyl groups is 1. The molecule has 0 bridgehead atoms. The van der Waals surface area contributed by atoms with Crippen molar-refractivity contribution >= 4 is 45.5 Å². The molecule has 0 aliphatic heterocycles. The number of azo groups is 1. The molecule has 24 heavy (non-hydrogen) atoms. The van der Waals surface area contributed by atoms with Gasteiger partial charge in [0.2, 0.25) is 5.88 Å². The van der Waals surface area contributed by atoms with Crippen molar-refractivity contribution in [3.63, 3.8) is 0 Å². The van der Waals surface area contributed by atoms with Crippen molar-refractivity contribution < 1.29 is 14.6 Å². The van der Waals surface area contributed by atoms with Crippen LogP contribution in [0.25, 0.3) is 10.9 Å². The average molecular weight is 366 g/mol. The molecule has 1 heterocycles. The van der Waals surface area contributed by atoms with Gasteiger partial charge in [-0.2, -0.15) is 0 Å². The van der Waals surface area contributed by atoms with Gasteiger partial charge in [0.25, 0.3) is 0 Å². The van der Waals surface area contributed by atoms with E-state index in [0.29, 0.717) is 38.1 Å². The molecule has 0 fully saturated rings. The summed E-state index contributed by atoms with van der Waals surface area (Å²) < 4.78 is 10.5. The summed E-state index contributed by atoms with van der Waals surface area (Å²) in [6.07, 6.45) is 0. The molecule has 6 nitrogen and oxygen atoms in total. The van der Waals surface area contributed by atoms with E-state index >= 15 is 0 Å². The summed E-state index contributed by atoms with van der Waals surface area (Å²) >= 11 is 11.9. The second-order valence-corrected chi connectivity index (χ2v) is 5.71. The Morgan fingerprint density at radius 2 is 1.71 bits per heavy atom. The van der Waals surface area contributed by atoms with Crippen molar-refractivity contribution in [1.82, 2.24) is 4.98 Å². The van der Waals surface area contributed by atoms with Crippen molar-refractivity contribution in [3.8, 4) is 17.4 Å². The third-order valence-electron chi connectivity index (χ3n) is 3.42. The Kier molecular flexibility index (Phi) is 4.51. The SMILES string of the molecule is COc1cc2[nH]c(O)c(N=Nc3ccc(Cl)cc3Cl)c2cc1OC. The number of rotatable bonds is 4. The first-order chi connectivity index (χ1) is 11.5. The van der Waals surface area contributed by atoms with Crippen LogP contribution in [-0.4, -0.2) is 24.3 Å². The van der Waals surface area contributed by atoms with Gasteiger partial charge in [0, 0.05) is 16.5 Å². The maximum absolute atomic E-state index is 10.1. The van der Waals surface area contributed by atoms with Crippen molar-refractivity contribution in [3.05, 3.63) is 40.4 Å². The van der Waals surface area contributed by atoms with E-state index in [-0.39, 0.29) is 11.6 Å². The minimum absolute atomic E-state index is 0.117. The van der Waals surface area contributed by atoms with Gasteiger partial charge in [0.05, 0.1) is 24.8 Å². The van der Waals surface area contributed by atoms with Crippen molar-refractivity contribution in [2.75, 3.05) is 14.2 Å². The fourth-order valence-electron chi connectivity index (χ4n) is 2.26. The zero-order valence-electron chi connectivity index (χ0n) is 12.8. The second kappa shape index (κ2) is 6.59. The summed E-state index contributed by atoms with van der Waals surface area (Å²) in [6.45, 7) is 0. The lowest BCUT2D eigenvalue weighted by molar-refractivity contribution is 0.356. The number of fused-ring (bicyclic) bond motifs is 1. The number of aromatic amines is 1. The predicted octanol–water partition coefficient (Wildman–Crippen LogP) is 5.61. The molecule has 0 amide bonds. The number of H-pyrrole nitrogens is 1. The lowest BCUT2D eigenvalue weighted by Crippen LogP contribution is -1.89. The lowest BCUT2D eigenvalue weighted by atomic mass is 10.2. The van der Waals surface area contributed by atoms with E-state index in [0.717, 1.165) is 0 Å². The first-order valence-electron chi connectivity index (χ1n) is 6.87. The number of halogens is 2. The van der Waals surface area contributed by atoms with Crippen LogP contribution in [0.4, 0.5) is 11.4 Å². The number of aromatic nitrogens is 1. The fraction of sp³-hybridized carbons (Fsp3) is 0.125. The Bertz CT molecular complexity index is 938. The molecular weight excluding hydrogens is 353 g/mol. The molecule has 2 N–H and O–H groups in total. The van der Waals surface area contributed by atoms with Crippen LogP contribution < -0.4 is 9.47 Å².